The number of hydrogen-bond acceptors (Lipinski definition) is 4. The van der Waals surface area contributed by atoms with Crippen LogP contribution in [-0.4, -0.2) is 17.4 Å². The fraction of sp³-hybridized carbons (Fsp3) is 0.263. The zero-order chi connectivity index (χ0) is 16.2. The lowest BCUT2D eigenvalue weighted by molar-refractivity contribution is 0.0989. The summed E-state index contributed by atoms with van der Waals surface area (Å²) in [6.45, 7) is 4.11. The number of hydrogen-bond donors (Lipinski definition) is 0. The molecular weight excluding hydrogens is 290 g/mol. The molecule has 0 aliphatic carbocycles. The summed E-state index contributed by atoms with van der Waals surface area (Å²) in [5.74, 6) is 1.15. The van der Waals surface area contributed by atoms with Crippen molar-refractivity contribution >= 4 is 16.8 Å². The maximum absolute atomic E-state index is 11.4. The van der Waals surface area contributed by atoms with Crippen molar-refractivity contribution in [2.45, 2.75) is 26.7 Å². The number of aromatic nitrogens is 1. The average Bonchev–Trinajstić information content (AvgIpc) is 2.98. The summed E-state index contributed by atoms with van der Waals surface area (Å²) in [5, 5.41) is 0.957. The molecule has 0 radical (unpaired) electrons. The monoisotopic (exact) mass is 309 g/mol. The molecule has 0 bridgehead atoms. The fourth-order valence-corrected chi connectivity index (χ4v) is 2.49. The molecule has 0 saturated carbocycles. The number of benzene rings is 1. The number of rotatable bonds is 6. The first kappa shape index (κ1) is 15.3. The number of fused-ring (bicyclic) bond motifs is 1. The van der Waals surface area contributed by atoms with Crippen LogP contribution in [0.25, 0.3) is 11.0 Å². The normalized spacial score (nSPS) is 10.9. The Morgan fingerprint density at radius 2 is 2.04 bits per heavy atom. The van der Waals surface area contributed by atoms with Gasteiger partial charge in [0.05, 0.1) is 12.8 Å². The Balaban J connectivity index is 1.70. The lowest BCUT2D eigenvalue weighted by Gasteiger charge is -2.04. The van der Waals surface area contributed by atoms with Crippen LogP contribution in [0.2, 0.25) is 0 Å². The van der Waals surface area contributed by atoms with Crippen molar-refractivity contribution in [2.24, 2.45) is 0 Å². The summed E-state index contributed by atoms with van der Waals surface area (Å²) in [6, 6.07) is 11.8. The molecule has 1 aromatic carbocycles. The Morgan fingerprint density at radius 3 is 2.74 bits per heavy atom. The topological polar surface area (TPSA) is 52.3 Å². The van der Waals surface area contributed by atoms with E-state index in [1.807, 2.05) is 31.2 Å². The van der Waals surface area contributed by atoms with Crippen LogP contribution < -0.4 is 4.74 Å². The van der Waals surface area contributed by atoms with Crippen molar-refractivity contribution in [3.8, 4) is 5.75 Å². The van der Waals surface area contributed by atoms with E-state index in [9.17, 15) is 4.79 Å². The van der Waals surface area contributed by atoms with Crippen LogP contribution in [0.3, 0.4) is 0 Å². The predicted molar refractivity (Wildman–Crippen MR) is 89.0 cm³/mol. The van der Waals surface area contributed by atoms with Crippen LogP contribution in [0.5, 0.6) is 5.75 Å². The molecule has 23 heavy (non-hydrogen) atoms. The fourth-order valence-electron chi connectivity index (χ4n) is 2.49. The van der Waals surface area contributed by atoms with Crippen molar-refractivity contribution < 1.29 is 13.9 Å². The maximum atomic E-state index is 11.4. The minimum atomic E-state index is -0.0543. The van der Waals surface area contributed by atoms with E-state index in [4.69, 9.17) is 9.15 Å². The third-order valence-corrected chi connectivity index (χ3v) is 3.71. The lowest BCUT2D eigenvalue weighted by atomic mass is 10.1. The molecule has 0 aliphatic heterocycles. The summed E-state index contributed by atoms with van der Waals surface area (Å²) >= 11 is 0. The molecule has 2 aromatic heterocycles. The Labute approximate surface area is 135 Å². The highest BCUT2D eigenvalue weighted by Gasteiger charge is 2.08. The van der Waals surface area contributed by atoms with E-state index in [0.717, 1.165) is 40.8 Å². The molecule has 2 heterocycles. The highest BCUT2D eigenvalue weighted by atomic mass is 16.5. The molecule has 0 N–H and O–H groups in total. The van der Waals surface area contributed by atoms with Gasteiger partial charge in [-0.1, -0.05) is 12.1 Å². The Kier molecular flexibility index (Phi) is 4.42. The Bertz CT molecular complexity index is 818. The van der Waals surface area contributed by atoms with Gasteiger partial charge in [0, 0.05) is 18.0 Å². The Morgan fingerprint density at radius 1 is 1.17 bits per heavy atom. The number of pyridine rings is 1. The van der Waals surface area contributed by atoms with Gasteiger partial charge in [-0.2, -0.15) is 0 Å². The van der Waals surface area contributed by atoms with Crippen LogP contribution in [0.1, 0.15) is 35.7 Å². The predicted octanol–water partition coefficient (Wildman–Crippen LogP) is 4.21. The highest BCUT2D eigenvalue weighted by molar-refractivity contribution is 5.96. The van der Waals surface area contributed by atoms with Gasteiger partial charge in [-0.3, -0.25) is 9.78 Å². The van der Waals surface area contributed by atoms with Crippen LogP contribution >= 0.6 is 0 Å². The van der Waals surface area contributed by atoms with Gasteiger partial charge in [0.25, 0.3) is 0 Å². The summed E-state index contributed by atoms with van der Waals surface area (Å²) in [7, 11) is 0. The largest absolute Gasteiger partial charge is 0.492 e. The first-order valence-electron chi connectivity index (χ1n) is 7.77. The molecule has 0 unspecified atom stereocenters. The van der Waals surface area contributed by atoms with Gasteiger partial charge in [-0.15, -0.1) is 0 Å². The van der Waals surface area contributed by atoms with Gasteiger partial charge >= 0.3 is 0 Å². The molecule has 4 heteroatoms. The number of carbonyl (C=O) groups excluding carboxylic acids is 1. The SMILES string of the molecule is CCOc1ccc(CCc2ccc3cc(C(C)=O)oc3c2)nc1. The first-order valence-corrected chi connectivity index (χ1v) is 7.77. The maximum Gasteiger partial charge on any atom is 0.194 e. The minimum absolute atomic E-state index is 0.0543. The van der Waals surface area contributed by atoms with E-state index in [2.05, 4.69) is 11.1 Å². The first-order chi connectivity index (χ1) is 11.2. The number of furan rings is 1. The van der Waals surface area contributed by atoms with Gasteiger partial charge in [-0.25, -0.2) is 0 Å². The van der Waals surface area contributed by atoms with Crippen molar-refractivity contribution in [1.82, 2.24) is 4.98 Å². The molecule has 0 saturated heterocycles. The van der Waals surface area contributed by atoms with Crippen molar-refractivity contribution in [3.63, 3.8) is 0 Å². The van der Waals surface area contributed by atoms with Crippen LogP contribution in [0.4, 0.5) is 0 Å². The second kappa shape index (κ2) is 6.65. The van der Waals surface area contributed by atoms with E-state index in [1.54, 1.807) is 12.3 Å². The lowest BCUT2D eigenvalue weighted by Crippen LogP contribution is -1.96. The standard InChI is InChI=1S/C19H19NO3/c1-3-22-17-9-8-16(20-12-17)7-5-14-4-6-15-11-18(13(2)21)23-19(15)10-14/h4,6,8-12H,3,5,7H2,1-2H3. The zero-order valence-electron chi connectivity index (χ0n) is 13.3. The quantitative estimate of drug-likeness (QED) is 0.640. The van der Waals surface area contributed by atoms with Gasteiger partial charge in [0.2, 0.25) is 0 Å². The molecule has 0 fully saturated rings. The number of nitrogens with zero attached hydrogens (tertiary/aromatic N) is 1. The van der Waals surface area contributed by atoms with Crippen molar-refractivity contribution in [1.29, 1.82) is 0 Å². The average molecular weight is 309 g/mol. The number of Topliss-reactive ketones (excluding diaryl/α,β-unsaturated/α-hetero) is 1. The summed E-state index contributed by atoms with van der Waals surface area (Å²) in [6.07, 6.45) is 3.47. The number of ether oxygens (including phenoxy) is 1. The molecule has 0 atom stereocenters. The van der Waals surface area contributed by atoms with E-state index in [1.165, 1.54) is 6.92 Å². The molecule has 0 spiro atoms. The number of carbonyl (C=O) groups is 1. The van der Waals surface area contributed by atoms with E-state index in [0.29, 0.717) is 12.4 Å². The zero-order valence-corrected chi connectivity index (χ0v) is 13.3. The van der Waals surface area contributed by atoms with Gasteiger partial charge in [0.15, 0.2) is 11.5 Å². The number of ketones is 1. The molecule has 4 nitrogen and oxygen atoms in total. The summed E-state index contributed by atoms with van der Waals surface area (Å²) in [4.78, 5) is 15.8. The second-order valence-electron chi connectivity index (χ2n) is 5.46. The van der Waals surface area contributed by atoms with Gasteiger partial charge in [-0.05, 0) is 49.6 Å². The van der Waals surface area contributed by atoms with Crippen molar-refractivity contribution in [3.05, 3.63) is 59.6 Å². The van der Waals surface area contributed by atoms with Crippen LogP contribution in [-0.2, 0) is 12.8 Å². The molecule has 0 aliphatic rings. The molecule has 118 valence electrons. The third kappa shape index (κ3) is 3.59. The van der Waals surface area contributed by atoms with E-state index < -0.39 is 0 Å². The molecular formula is C19H19NO3. The van der Waals surface area contributed by atoms with Crippen molar-refractivity contribution in [2.75, 3.05) is 6.61 Å². The van der Waals surface area contributed by atoms with Gasteiger partial charge < -0.3 is 9.15 Å². The molecule has 3 rings (SSSR count). The summed E-state index contributed by atoms with van der Waals surface area (Å²) in [5.41, 5.74) is 2.95. The highest BCUT2D eigenvalue weighted by Crippen LogP contribution is 2.22. The Hall–Kier alpha value is -2.62. The van der Waals surface area contributed by atoms with Crippen LogP contribution in [0.15, 0.2) is 47.0 Å². The summed E-state index contributed by atoms with van der Waals surface area (Å²) < 4.78 is 11.0. The minimum Gasteiger partial charge on any atom is -0.492 e. The molecule has 0 amide bonds. The van der Waals surface area contributed by atoms with Crippen LogP contribution in [0, 0.1) is 0 Å². The number of aryl methyl sites for hydroxylation is 2. The third-order valence-electron chi connectivity index (χ3n) is 3.71. The molecule has 3 aromatic rings. The van der Waals surface area contributed by atoms with E-state index >= 15 is 0 Å². The van der Waals surface area contributed by atoms with E-state index in [-0.39, 0.29) is 5.78 Å². The smallest absolute Gasteiger partial charge is 0.194 e. The van der Waals surface area contributed by atoms with Gasteiger partial charge in [0.1, 0.15) is 11.3 Å². The second-order valence-corrected chi connectivity index (χ2v) is 5.46.